The third-order valence-electron chi connectivity index (χ3n) is 4.74. The number of nitrogens with zero attached hydrogens (tertiary/aromatic N) is 3. The van der Waals surface area contributed by atoms with E-state index in [1.54, 1.807) is 48.4 Å². The lowest BCUT2D eigenvalue weighted by molar-refractivity contribution is -0.117. The van der Waals surface area contributed by atoms with E-state index in [4.69, 9.17) is 0 Å². The summed E-state index contributed by atoms with van der Waals surface area (Å²) in [4.78, 5) is 28.9. The van der Waals surface area contributed by atoms with Crippen molar-refractivity contribution < 1.29 is 9.59 Å². The fourth-order valence-corrected chi connectivity index (χ4v) is 2.89. The zero-order valence-electron chi connectivity index (χ0n) is 17.7. The van der Waals surface area contributed by atoms with E-state index in [0.29, 0.717) is 17.9 Å². The Bertz CT molecular complexity index is 1000. The van der Waals surface area contributed by atoms with E-state index in [1.807, 2.05) is 24.3 Å². The van der Waals surface area contributed by atoms with Crippen molar-refractivity contribution in [2.75, 3.05) is 5.32 Å². The molecule has 2 N–H and O–H groups in total. The van der Waals surface area contributed by atoms with Gasteiger partial charge in [-0.15, -0.1) is 0 Å². The van der Waals surface area contributed by atoms with Crippen LogP contribution in [-0.4, -0.2) is 32.6 Å². The van der Waals surface area contributed by atoms with Gasteiger partial charge in [0.25, 0.3) is 5.91 Å². The first-order chi connectivity index (χ1) is 14.2. The number of hydrogen-bond acceptors (Lipinski definition) is 4. The number of carbonyl (C=O) groups excluding carboxylic acids is 2. The van der Waals surface area contributed by atoms with Gasteiger partial charge in [0.15, 0.2) is 5.82 Å². The van der Waals surface area contributed by atoms with Crippen molar-refractivity contribution in [2.24, 2.45) is 0 Å². The molecule has 1 aromatic carbocycles. The number of anilines is 1. The van der Waals surface area contributed by atoms with Crippen molar-refractivity contribution in [1.29, 1.82) is 0 Å². The highest BCUT2D eigenvalue weighted by molar-refractivity contribution is 6.00. The lowest BCUT2D eigenvalue weighted by Crippen LogP contribution is -2.41. The number of rotatable bonds is 6. The van der Waals surface area contributed by atoms with Gasteiger partial charge < -0.3 is 10.6 Å². The molecule has 0 saturated heterocycles. The third kappa shape index (κ3) is 5.53. The molecule has 0 saturated carbocycles. The van der Waals surface area contributed by atoms with Gasteiger partial charge in [0.05, 0.1) is 6.54 Å². The Kier molecular flexibility index (Phi) is 6.30. The van der Waals surface area contributed by atoms with E-state index in [1.165, 1.54) is 0 Å². The molecule has 156 valence electrons. The molecular formula is C23H27N5O2. The van der Waals surface area contributed by atoms with Crippen LogP contribution in [0, 0.1) is 0 Å². The van der Waals surface area contributed by atoms with Gasteiger partial charge in [-0.25, -0.2) is 0 Å². The Hall–Kier alpha value is -3.48. The van der Waals surface area contributed by atoms with Crippen LogP contribution in [0.25, 0.3) is 0 Å². The molecule has 2 aromatic heterocycles. The molecule has 0 bridgehead atoms. The first-order valence-electron chi connectivity index (χ1n) is 9.87. The van der Waals surface area contributed by atoms with Gasteiger partial charge in [0, 0.05) is 30.2 Å². The minimum atomic E-state index is -0.704. The Morgan fingerprint density at radius 3 is 2.33 bits per heavy atom. The van der Waals surface area contributed by atoms with Crippen LogP contribution in [0.5, 0.6) is 0 Å². The summed E-state index contributed by atoms with van der Waals surface area (Å²) in [5, 5.41) is 9.81. The topological polar surface area (TPSA) is 88.9 Å². The maximum atomic E-state index is 12.5. The Morgan fingerprint density at radius 2 is 1.70 bits per heavy atom. The van der Waals surface area contributed by atoms with Crippen LogP contribution < -0.4 is 10.6 Å². The first kappa shape index (κ1) is 21.2. The molecule has 3 aromatic rings. The second-order valence-corrected chi connectivity index (χ2v) is 8.27. The van der Waals surface area contributed by atoms with Crippen LogP contribution in [0.2, 0.25) is 0 Å². The van der Waals surface area contributed by atoms with Crippen LogP contribution in [0.1, 0.15) is 49.2 Å². The lowest BCUT2D eigenvalue weighted by atomic mass is 9.86. The van der Waals surface area contributed by atoms with Crippen molar-refractivity contribution in [3.05, 3.63) is 77.7 Å². The molecule has 7 nitrogen and oxygen atoms in total. The van der Waals surface area contributed by atoms with E-state index in [2.05, 4.69) is 41.5 Å². The third-order valence-corrected chi connectivity index (χ3v) is 4.74. The maximum Gasteiger partial charge on any atom is 0.251 e. The second-order valence-electron chi connectivity index (χ2n) is 8.27. The molecule has 30 heavy (non-hydrogen) atoms. The van der Waals surface area contributed by atoms with Gasteiger partial charge in [-0.2, -0.15) is 5.10 Å². The van der Waals surface area contributed by atoms with Gasteiger partial charge in [-0.1, -0.05) is 32.9 Å². The number of amides is 2. The van der Waals surface area contributed by atoms with Gasteiger partial charge in [0.1, 0.15) is 6.04 Å². The average Bonchev–Trinajstić information content (AvgIpc) is 3.14. The minimum Gasteiger partial charge on any atom is -0.341 e. The predicted octanol–water partition coefficient (Wildman–Crippen LogP) is 3.38. The normalized spacial score (nSPS) is 12.3. The Morgan fingerprint density at radius 1 is 1.03 bits per heavy atom. The Labute approximate surface area is 176 Å². The van der Waals surface area contributed by atoms with E-state index in [9.17, 15) is 9.59 Å². The molecule has 1 unspecified atom stereocenters. The molecule has 0 fully saturated rings. The van der Waals surface area contributed by atoms with Crippen LogP contribution in [-0.2, 0) is 16.8 Å². The molecule has 2 heterocycles. The maximum absolute atomic E-state index is 12.5. The fourth-order valence-electron chi connectivity index (χ4n) is 2.89. The van der Waals surface area contributed by atoms with Gasteiger partial charge in [0.2, 0.25) is 5.91 Å². The molecular weight excluding hydrogens is 378 g/mol. The second kappa shape index (κ2) is 8.90. The van der Waals surface area contributed by atoms with Crippen LogP contribution >= 0.6 is 0 Å². The summed E-state index contributed by atoms with van der Waals surface area (Å²) < 4.78 is 1.73. The number of pyridine rings is 1. The summed E-state index contributed by atoms with van der Waals surface area (Å²) in [6.45, 7) is 8.58. The van der Waals surface area contributed by atoms with Crippen LogP contribution in [0.4, 0.5) is 5.82 Å². The largest absolute Gasteiger partial charge is 0.341 e. The number of benzene rings is 1. The zero-order valence-corrected chi connectivity index (χ0v) is 17.7. The quantitative estimate of drug-likeness (QED) is 0.658. The zero-order chi connectivity index (χ0) is 21.7. The molecule has 0 radical (unpaired) electrons. The SMILES string of the molecule is CC(NC(=O)c1ccc(C(C)(C)C)cc1)C(=O)Nc1ccn(Cc2ccncc2)n1. The highest BCUT2D eigenvalue weighted by Crippen LogP contribution is 2.22. The number of hydrogen-bond donors (Lipinski definition) is 2. The van der Waals surface area contributed by atoms with E-state index in [-0.39, 0.29) is 17.2 Å². The summed E-state index contributed by atoms with van der Waals surface area (Å²) in [6.07, 6.45) is 5.24. The van der Waals surface area contributed by atoms with Crippen molar-refractivity contribution in [1.82, 2.24) is 20.1 Å². The van der Waals surface area contributed by atoms with E-state index < -0.39 is 6.04 Å². The fraction of sp³-hybridized carbons (Fsp3) is 0.304. The van der Waals surface area contributed by atoms with E-state index >= 15 is 0 Å². The predicted molar refractivity (Wildman–Crippen MR) is 116 cm³/mol. The molecule has 0 spiro atoms. The summed E-state index contributed by atoms with van der Waals surface area (Å²) in [5.74, 6) is -0.185. The average molecular weight is 406 g/mol. The van der Waals surface area contributed by atoms with Crippen LogP contribution in [0.15, 0.2) is 61.1 Å². The summed E-state index contributed by atoms with van der Waals surface area (Å²) in [5.41, 5.74) is 2.74. The molecule has 0 aliphatic heterocycles. The number of nitrogens with one attached hydrogen (secondary N) is 2. The van der Waals surface area contributed by atoms with Gasteiger partial charge >= 0.3 is 0 Å². The van der Waals surface area contributed by atoms with Crippen molar-refractivity contribution >= 4 is 17.6 Å². The molecule has 0 aliphatic carbocycles. The molecule has 0 aliphatic rings. The van der Waals surface area contributed by atoms with Crippen LogP contribution in [0.3, 0.4) is 0 Å². The standard InChI is InChI=1S/C23H27N5O2/c1-16(25-22(30)18-5-7-19(8-6-18)23(2,3)4)21(29)26-20-11-14-28(27-20)15-17-9-12-24-13-10-17/h5-14,16H,15H2,1-4H3,(H,25,30)(H,26,27,29). The summed E-state index contributed by atoms with van der Waals surface area (Å²) in [7, 11) is 0. The molecule has 3 rings (SSSR count). The molecule has 1 atom stereocenters. The highest BCUT2D eigenvalue weighted by Gasteiger charge is 2.19. The smallest absolute Gasteiger partial charge is 0.251 e. The molecule has 7 heteroatoms. The van der Waals surface area contributed by atoms with Crippen molar-refractivity contribution in [2.45, 2.75) is 45.7 Å². The van der Waals surface area contributed by atoms with Crippen molar-refractivity contribution in [3.63, 3.8) is 0 Å². The highest BCUT2D eigenvalue weighted by atomic mass is 16.2. The number of aromatic nitrogens is 3. The van der Waals surface area contributed by atoms with Gasteiger partial charge in [-0.3, -0.25) is 19.3 Å². The Balaban J connectivity index is 1.55. The summed E-state index contributed by atoms with van der Waals surface area (Å²) in [6, 6.07) is 12.3. The monoisotopic (exact) mass is 405 g/mol. The van der Waals surface area contributed by atoms with E-state index in [0.717, 1.165) is 11.1 Å². The van der Waals surface area contributed by atoms with Gasteiger partial charge in [-0.05, 0) is 47.7 Å². The van der Waals surface area contributed by atoms with Crippen molar-refractivity contribution in [3.8, 4) is 0 Å². The molecule has 2 amide bonds. The minimum absolute atomic E-state index is 0.0169. The lowest BCUT2D eigenvalue weighted by Gasteiger charge is -2.19. The number of carbonyl (C=O) groups is 2. The first-order valence-corrected chi connectivity index (χ1v) is 9.87. The summed E-state index contributed by atoms with van der Waals surface area (Å²) >= 11 is 0.